The molecule has 0 saturated heterocycles. The van der Waals surface area contributed by atoms with Gasteiger partial charge in [-0.15, -0.1) is 0 Å². The summed E-state index contributed by atoms with van der Waals surface area (Å²) in [5.41, 5.74) is -0.186. The van der Waals surface area contributed by atoms with E-state index in [1.54, 1.807) is 0 Å². The lowest BCUT2D eigenvalue weighted by atomic mass is 10.2. The lowest BCUT2D eigenvalue weighted by Gasteiger charge is -2.24. The van der Waals surface area contributed by atoms with E-state index in [-0.39, 0.29) is 22.0 Å². The van der Waals surface area contributed by atoms with E-state index in [0.717, 1.165) is 38.5 Å². The van der Waals surface area contributed by atoms with Crippen LogP contribution < -0.4 is 9.04 Å². The lowest BCUT2D eigenvalue weighted by Crippen LogP contribution is -2.36. The number of nitrogens with zero attached hydrogens (tertiary/aromatic N) is 1. The monoisotopic (exact) mass is 445 g/mol. The van der Waals surface area contributed by atoms with E-state index in [9.17, 15) is 22.4 Å². The van der Waals surface area contributed by atoms with Crippen molar-refractivity contribution >= 4 is 39.3 Å². The van der Waals surface area contributed by atoms with Gasteiger partial charge in [0.15, 0.2) is 11.6 Å². The maximum absolute atomic E-state index is 14.1. The molecule has 0 saturated carbocycles. The number of benzene rings is 2. The van der Waals surface area contributed by atoms with Crippen molar-refractivity contribution in [2.45, 2.75) is 4.90 Å². The smallest absolute Gasteiger partial charge is 0.339 e. The highest BCUT2D eigenvalue weighted by molar-refractivity contribution is 7.92. The molecule has 0 aliphatic carbocycles. The van der Waals surface area contributed by atoms with Crippen molar-refractivity contribution in [3.8, 4) is 5.75 Å². The molecule has 156 valence electrons. The summed E-state index contributed by atoms with van der Waals surface area (Å²) in [5, 5.41) is 0.0199. The van der Waals surface area contributed by atoms with E-state index in [1.165, 1.54) is 19.2 Å². The van der Waals surface area contributed by atoms with Crippen LogP contribution in [-0.2, 0) is 24.3 Å². The predicted octanol–water partition coefficient (Wildman–Crippen LogP) is 2.64. The molecular weight excluding hydrogens is 429 g/mol. The molecule has 0 radical (unpaired) electrons. The van der Waals surface area contributed by atoms with Crippen molar-refractivity contribution < 1.29 is 36.6 Å². The van der Waals surface area contributed by atoms with Crippen LogP contribution in [0.1, 0.15) is 10.4 Å². The highest BCUT2D eigenvalue weighted by atomic mass is 35.5. The second-order valence-electron chi connectivity index (χ2n) is 5.54. The fourth-order valence-corrected chi connectivity index (χ4v) is 3.97. The van der Waals surface area contributed by atoms with E-state index in [1.807, 2.05) is 0 Å². The number of halogens is 2. The van der Waals surface area contributed by atoms with Crippen molar-refractivity contribution in [3.05, 3.63) is 52.8 Å². The van der Waals surface area contributed by atoms with Gasteiger partial charge in [0, 0.05) is 0 Å². The Morgan fingerprint density at radius 2 is 1.76 bits per heavy atom. The molecule has 0 heterocycles. The molecule has 0 aliphatic heterocycles. The van der Waals surface area contributed by atoms with E-state index in [0.29, 0.717) is 4.31 Å². The van der Waals surface area contributed by atoms with Gasteiger partial charge in [0.25, 0.3) is 10.0 Å². The molecule has 29 heavy (non-hydrogen) atoms. The first-order chi connectivity index (χ1) is 13.6. The third-order valence-electron chi connectivity index (χ3n) is 3.85. The Hall–Kier alpha value is -2.85. The maximum atomic E-state index is 14.1. The summed E-state index contributed by atoms with van der Waals surface area (Å²) < 4.78 is 55.0. The lowest BCUT2D eigenvalue weighted by molar-refractivity contribution is -0.138. The van der Waals surface area contributed by atoms with Crippen LogP contribution in [0.4, 0.5) is 10.1 Å². The Bertz CT molecular complexity index is 1040. The molecule has 2 aromatic carbocycles. The molecule has 0 N–H and O–H groups in total. The van der Waals surface area contributed by atoms with Gasteiger partial charge in [0.1, 0.15) is 6.54 Å². The number of ether oxygens (including phenoxy) is 3. The van der Waals surface area contributed by atoms with Crippen LogP contribution >= 0.6 is 11.6 Å². The molecule has 11 heteroatoms. The molecule has 0 unspecified atom stereocenters. The van der Waals surface area contributed by atoms with Crippen LogP contribution in [0.25, 0.3) is 0 Å². The molecule has 0 fully saturated rings. The number of hydrogen-bond donors (Lipinski definition) is 0. The third kappa shape index (κ3) is 4.77. The van der Waals surface area contributed by atoms with Crippen molar-refractivity contribution in [3.63, 3.8) is 0 Å². The summed E-state index contributed by atoms with van der Waals surface area (Å²) in [6.45, 7) is -0.727. The highest BCUT2D eigenvalue weighted by Crippen LogP contribution is 2.30. The number of esters is 2. The Balaban J connectivity index is 2.63. The predicted molar refractivity (Wildman–Crippen MR) is 102 cm³/mol. The minimum absolute atomic E-state index is 0.0199. The second-order valence-corrected chi connectivity index (χ2v) is 7.81. The Morgan fingerprint density at radius 1 is 1.07 bits per heavy atom. The first-order valence-electron chi connectivity index (χ1n) is 7.96. The Kier molecular flexibility index (Phi) is 7.04. The van der Waals surface area contributed by atoms with Gasteiger partial charge in [-0.25, -0.2) is 17.6 Å². The van der Waals surface area contributed by atoms with Crippen molar-refractivity contribution in [2.24, 2.45) is 0 Å². The standard InChI is InChI=1S/C18H17ClFNO7S/c1-26-16-7-5-12(9-15(16)20)29(24,25)21(10-17(22)27-2)11-4-6-14(19)13(8-11)18(23)28-3/h4-9H,10H2,1-3H3. The number of sulfonamides is 1. The van der Waals surface area contributed by atoms with Gasteiger partial charge in [-0.1, -0.05) is 11.6 Å². The average molecular weight is 446 g/mol. The first kappa shape index (κ1) is 22.4. The van der Waals surface area contributed by atoms with Crippen LogP contribution in [0.5, 0.6) is 5.75 Å². The zero-order valence-electron chi connectivity index (χ0n) is 15.6. The minimum atomic E-state index is -4.43. The van der Waals surface area contributed by atoms with Gasteiger partial charge < -0.3 is 14.2 Å². The van der Waals surface area contributed by atoms with Crippen molar-refractivity contribution in [1.82, 2.24) is 0 Å². The minimum Gasteiger partial charge on any atom is -0.494 e. The Labute approximate surface area is 171 Å². The summed E-state index contributed by atoms with van der Waals surface area (Å²) in [4.78, 5) is 23.3. The number of carbonyl (C=O) groups is 2. The number of rotatable bonds is 7. The van der Waals surface area contributed by atoms with E-state index in [4.69, 9.17) is 16.3 Å². The topological polar surface area (TPSA) is 99.2 Å². The summed E-state index contributed by atoms with van der Waals surface area (Å²) in [6.07, 6.45) is 0. The van der Waals surface area contributed by atoms with Crippen LogP contribution in [0.3, 0.4) is 0 Å². The van der Waals surface area contributed by atoms with Crippen molar-refractivity contribution in [2.75, 3.05) is 32.2 Å². The number of methoxy groups -OCH3 is 3. The van der Waals surface area contributed by atoms with Gasteiger partial charge in [-0.2, -0.15) is 0 Å². The van der Waals surface area contributed by atoms with Gasteiger partial charge >= 0.3 is 11.9 Å². The largest absolute Gasteiger partial charge is 0.494 e. The zero-order valence-corrected chi connectivity index (χ0v) is 17.2. The van der Waals surface area contributed by atoms with Crippen molar-refractivity contribution in [1.29, 1.82) is 0 Å². The van der Waals surface area contributed by atoms with Crippen LogP contribution in [0, 0.1) is 5.82 Å². The summed E-state index contributed by atoms with van der Waals surface area (Å²) >= 11 is 5.97. The molecule has 0 bridgehead atoms. The molecular formula is C18H17ClFNO7S. The van der Waals surface area contributed by atoms with E-state index < -0.39 is 39.2 Å². The van der Waals surface area contributed by atoms with E-state index in [2.05, 4.69) is 9.47 Å². The summed E-state index contributed by atoms with van der Waals surface area (Å²) in [7, 11) is -0.974. The first-order valence-corrected chi connectivity index (χ1v) is 9.78. The normalized spacial score (nSPS) is 10.9. The summed E-state index contributed by atoms with van der Waals surface area (Å²) in [6, 6.07) is 6.73. The highest BCUT2D eigenvalue weighted by Gasteiger charge is 2.29. The number of anilines is 1. The molecule has 2 rings (SSSR count). The Morgan fingerprint density at radius 3 is 2.31 bits per heavy atom. The molecule has 0 aromatic heterocycles. The molecule has 0 amide bonds. The molecule has 0 atom stereocenters. The maximum Gasteiger partial charge on any atom is 0.339 e. The molecule has 0 aliphatic rings. The third-order valence-corrected chi connectivity index (χ3v) is 5.95. The van der Waals surface area contributed by atoms with E-state index >= 15 is 0 Å². The number of carbonyl (C=O) groups excluding carboxylic acids is 2. The fraction of sp³-hybridized carbons (Fsp3) is 0.222. The van der Waals surface area contributed by atoms with Gasteiger partial charge in [-0.3, -0.25) is 9.10 Å². The quantitative estimate of drug-likeness (QED) is 0.604. The van der Waals surface area contributed by atoms with Gasteiger partial charge in [0.2, 0.25) is 0 Å². The van der Waals surface area contributed by atoms with Crippen LogP contribution in [0.15, 0.2) is 41.3 Å². The second kappa shape index (κ2) is 9.10. The van der Waals surface area contributed by atoms with Crippen LogP contribution in [0.2, 0.25) is 5.02 Å². The molecule has 2 aromatic rings. The molecule has 0 spiro atoms. The average Bonchev–Trinajstić information content (AvgIpc) is 2.71. The van der Waals surface area contributed by atoms with Gasteiger partial charge in [0.05, 0.1) is 42.5 Å². The SMILES string of the molecule is COC(=O)CN(c1ccc(Cl)c(C(=O)OC)c1)S(=O)(=O)c1ccc(OC)c(F)c1. The van der Waals surface area contributed by atoms with Crippen LogP contribution in [-0.4, -0.2) is 48.2 Å². The number of hydrogen-bond acceptors (Lipinski definition) is 7. The van der Waals surface area contributed by atoms with Gasteiger partial charge in [-0.05, 0) is 36.4 Å². The molecule has 8 nitrogen and oxygen atoms in total. The summed E-state index contributed by atoms with van der Waals surface area (Å²) in [5.74, 6) is -2.74. The zero-order chi connectivity index (χ0) is 21.8. The fourth-order valence-electron chi connectivity index (χ4n) is 2.37.